The summed E-state index contributed by atoms with van der Waals surface area (Å²) in [7, 11) is -3.58. The monoisotopic (exact) mass is 358 g/mol. The molecule has 0 bridgehead atoms. The highest BCUT2D eigenvalue weighted by Gasteiger charge is 2.17. The summed E-state index contributed by atoms with van der Waals surface area (Å²) >= 11 is 0. The van der Waals surface area contributed by atoms with Gasteiger partial charge in [0.15, 0.2) is 0 Å². The average Bonchev–Trinajstić information content (AvgIpc) is 3.04. The lowest BCUT2D eigenvalue weighted by Gasteiger charge is -2.09. The second-order valence-corrected chi connectivity index (χ2v) is 7.37. The minimum absolute atomic E-state index is 0.166. The molecular weight excluding hydrogens is 340 g/mol. The van der Waals surface area contributed by atoms with Gasteiger partial charge in [0.05, 0.1) is 4.90 Å². The highest BCUT2D eigenvalue weighted by molar-refractivity contribution is 7.89. The molecule has 0 amide bonds. The van der Waals surface area contributed by atoms with Gasteiger partial charge in [-0.25, -0.2) is 13.1 Å². The summed E-state index contributed by atoms with van der Waals surface area (Å²) < 4.78 is 32.9. The highest BCUT2D eigenvalue weighted by Crippen LogP contribution is 2.17. The number of rotatable bonds is 6. The molecule has 0 saturated carbocycles. The molecule has 130 valence electrons. The van der Waals surface area contributed by atoms with Crippen molar-refractivity contribution in [1.82, 2.24) is 19.9 Å². The molecule has 0 aliphatic heterocycles. The molecular formula is C17H18N4O3S. The zero-order valence-electron chi connectivity index (χ0n) is 13.9. The maximum atomic E-state index is 12.4. The highest BCUT2D eigenvalue weighted by atomic mass is 32.2. The van der Waals surface area contributed by atoms with E-state index in [1.54, 1.807) is 37.4 Å². The zero-order chi connectivity index (χ0) is 17.9. The molecule has 1 N–H and O–H groups in total. The van der Waals surface area contributed by atoms with Crippen LogP contribution in [0, 0.1) is 13.8 Å². The van der Waals surface area contributed by atoms with Crippen LogP contribution >= 0.6 is 0 Å². The third kappa shape index (κ3) is 4.09. The smallest absolute Gasteiger partial charge is 0.266 e. The van der Waals surface area contributed by atoms with Gasteiger partial charge >= 0.3 is 0 Å². The van der Waals surface area contributed by atoms with Crippen LogP contribution in [0.15, 0.2) is 51.9 Å². The van der Waals surface area contributed by atoms with E-state index in [0.29, 0.717) is 29.5 Å². The van der Waals surface area contributed by atoms with Crippen LogP contribution in [0.4, 0.5) is 0 Å². The molecule has 0 atom stereocenters. The fourth-order valence-electron chi connectivity index (χ4n) is 2.42. The van der Waals surface area contributed by atoms with Crippen LogP contribution in [-0.2, 0) is 16.4 Å². The number of hydrogen-bond donors (Lipinski definition) is 1. The first-order valence-electron chi connectivity index (χ1n) is 7.76. The molecule has 0 aliphatic rings. The minimum Gasteiger partial charge on any atom is -0.419 e. The third-order valence-electron chi connectivity index (χ3n) is 3.60. The first-order valence-corrected chi connectivity index (χ1v) is 9.25. The minimum atomic E-state index is -3.58. The Balaban J connectivity index is 1.64. The largest absolute Gasteiger partial charge is 0.419 e. The maximum absolute atomic E-state index is 12.4. The van der Waals surface area contributed by atoms with Crippen LogP contribution in [0.3, 0.4) is 0 Å². The van der Waals surface area contributed by atoms with Gasteiger partial charge in [0.2, 0.25) is 15.9 Å². The van der Waals surface area contributed by atoms with Gasteiger partial charge in [-0.05, 0) is 37.6 Å². The van der Waals surface area contributed by atoms with Gasteiger partial charge in [0.1, 0.15) is 5.69 Å². The Morgan fingerprint density at radius 2 is 1.96 bits per heavy atom. The second kappa shape index (κ2) is 7.12. The number of aryl methyl sites for hydroxylation is 2. The van der Waals surface area contributed by atoms with E-state index in [1.807, 2.05) is 19.1 Å². The third-order valence-corrected chi connectivity index (χ3v) is 5.22. The standard InChI is InChI=1S/C17H18N4O3S/c1-12-6-7-15(13(2)11-12)25(22,23)19-10-8-16-20-21-17(24-16)14-5-3-4-9-18-14/h3-7,9,11,19H,8,10H2,1-2H3. The van der Waals surface area contributed by atoms with E-state index in [-0.39, 0.29) is 11.4 Å². The van der Waals surface area contributed by atoms with Crippen LogP contribution in [0.25, 0.3) is 11.6 Å². The first kappa shape index (κ1) is 17.2. The van der Waals surface area contributed by atoms with Crippen LogP contribution in [-0.4, -0.2) is 30.1 Å². The number of hydrogen-bond acceptors (Lipinski definition) is 6. The zero-order valence-corrected chi connectivity index (χ0v) is 14.7. The Morgan fingerprint density at radius 1 is 1.12 bits per heavy atom. The van der Waals surface area contributed by atoms with Gasteiger partial charge in [-0.2, -0.15) is 0 Å². The quantitative estimate of drug-likeness (QED) is 0.726. The normalized spacial score (nSPS) is 11.6. The number of nitrogens with zero attached hydrogens (tertiary/aromatic N) is 3. The van der Waals surface area contributed by atoms with Crippen molar-refractivity contribution in [3.05, 3.63) is 59.6 Å². The molecule has 8 heteroatoms. The second-order valence-electron chi connectivity index (χ2n) is 5.63. The van der Waals surface area contributed by atoms with Gasteiger partial charge in [0.25, 0.3) is 5.89 Å². The molecule has 3 rings (SSSR count). The Hall–Kier alpha value is -2.58. The summed E-state index contributed by atoms with van der Waals surface area (Å²) in [5.41, 5.74) is 2.31. The van der Waals surface area contributed by atoms with Crippen molar-refractivity contribution in [3.8, 4) is 11.6 Å². The summed E-state index contributed by atoms with van der Waals surface area (Å²) in [5.74, 6) is 0.664. The Bertz CT molecular complexity index is 969. The average molecular weight is 358 g/mol. The molecule has 3 aromatic rings. The van der Waals surface area contributed by atoms with Gasteiger partial charge in [-0.3, -0.25) is 4.98 Å². The van der Waals surface area contributed by atoms with Gasteiger partial charge < -0.3 is 4.42 Å². The van der Waals surface area contributed by atoms with E-state index < -0.39 is 10.0 Å². The molecule has 1 aromatic carbocycles. The van der Waals surface area contributed by atoms with Crippen molar-refractivity contribution in [1.29, 1.82) is 0 Å². The summed E-state index contributed by atoms with van der Waals surface area (Å²) in [6.07, 6.45) is 1.93. The van der Waals surface area contributed by atoms with Crippen molar-refractivity contribution >= 4 is 10.0 Å². The number of nitrogens with one attached hydrogen (secondary N) is 1. The summed E-state index contributed by atoms with van der Waals surface area (Å²) in [6.45, 7) is 3.86. The van der Waals surface area contributed by atoms with E-state index in [9.17, 15) is 8.42 Å². The summed E-state index contributed by atoms with van der Waals surface area (Å²) in [4.78, 5) is 4.41. The van der Waals surface area contributed by atoms with E-state index in [4.69, 9.17) is 4.42 Å². The molecule has 0 fully saturated rings. The Labute approximate surface area is 146 Å². The number of benzene rings is 1. The fraction of sp³-hybridized carbons (Fsp3) is 0.235. The molecule has 2 heterocycles. The molecule has 0 saturated heterocycles. The maximum Gasteiger partial charge on any atom is 0.266 e. The SMILES string of the molecule is Cc1ccc(S(=O)(=O)NCCc2nnc(-c3ccccn3)o2)c(C)c1. The lowest BCUT2D eigenvalue weighted by molar-refractivity contribution is 0.500. The molecule has 0 unspecified atom stereocenters. The van der Waals surface area contributed by atoms with Gasteiger partial charge in [-0.1, -0.05) is 23.8 Å². The molecule has 0 radical (unpaired) electrons. The fourth-order valence-corrected chi connectivity index (χ4v) is 3.67. The topological polar surface area (TPSA) is 98.0 Å². The van der Waals surface area contributed by atoms with E-state index in [0.717, 1.165) is 5.56 Å². The van der Waals surface area contributed by atoms with Gasteiger partial charge in [0, 0.05) is 19.2 Å². The molecule has 7 nitrogen and oxygen atoms in total. The van der Waals surface area contributed by atoms with Crippen molar-refractivity contribution in [3.63, 3.8) is 0 Å². The van der Waals surface area contributed by atoms with E-state index in [1.165, 1.54) is 0 Å². The van der Waals surface area contributed by atoms with Crippen LogP contribution < -0.4 is 4.72 Å². The first-order chi connectivity index (χ1) is 12.0. The molecule has 0 spiro atoms. The van der Waals surface area contributed by atoms with Gasteiger partial charge in [-0.15, -0.1) is 10.2 Å². The van der Waals surface area contributed by atoms with Crippen LogP contribution in [0.2, 0.25) is 0 Å². The molecule has 2 aromatic heterocycles. The van der Waals surface area contributed by atoms with E-state index in [2.05, 4.69) is 19.9 Å². The summed E-state index contributed by atoms with van der Waals surface area (Å²) in [6, 6.07) is 10.6. The van der Waals surface area contributed by atoms with Crippen molar-refractivity contribution < 1.29 is 12.8 Å². The Kier molecular flexibility index (Phi) is 4.91. The van der Waals surface area contributed by atoms with Crippen molar-refractivity contribution in [2.45, 2.75) is 25.2 Å². The molecule has 0 aliphatic carbocycles. The predicted molar refractivity (Wildman–Crippen MR) is 92.3 cm³/mol. The van der Waals surface area contributed by atoms with Crippen molar-refractivity contribution in [2.75, 3.05) is 6.54 Å². The summed E-state index contributed by atoms with van der Waals surface area (Å²) in [5, 5.41) is 7.85. The Morgan fingerprint density at radius 3 is 2.68 bits per heavy atom. The number of sulfonamides is 1. The molecule has 25 heavy (non-hydrogen) atoms. The number of aromatic nitrogens is 3. The lowest BCUT2D eigenvalue weighted by Crippen LogP contribution is -2.26. The van der Waals surface area contributed by atoms with E-state index >= 15 is 0 Å². The number of pyridine rings is 1. The van der Waals surface area contributed by atoms with Crippen molar-refractivity contribution in [2.24, 2.45) is 0 Å². The van der Waals surface area contributed by atoms with Crippen LogP contribution in [0.1, 0.15) is 17.0 Å². The predicted octanol–water partition coefficient (Wildman–Crippen LogP) is 2.27. The van der Waals surface area contributed by atoms with Crippen LogP contribution in [0.5, 0.6) is 0 Å². The lowest BCUT2D eigenvalue weighted by atomic mass is 10.2.